The summed E-state index contributed by atoms with van der Waals surface area (Å²) < 4.78 is 0. The second kappa shape index (κ2) is 4.33. The lowest BCUT2D eigenvalue weighted by Gasteiger charge is -2.55. The SMILES string of the molecule is C[C@@H](O)C12c3ccccc3C(c3ccccc31)[C@@H]1C(=O)NC(=O)[C@@H]12. The van der Waals surface area contributed by atoms with Gasteiger partial charge in [0.2, 0.25) is 11.8 Å². The number of amides is 2. The first kappa shape index (κ1) is 13.9. The van der Waals surface area contributed by atoms with Gasteiger partial charge in [0.1, 0.15) is 0 Å². The Kier molecular flexibility index (Phi) is 2.52. The Morgan fingerprint density at radius 3 is 2.04 bits per heavy atom. The minimum absolute atomic E-state index is 0.130. The number of carbonyl (C=O) groups excluding carboxylic acids is 2. The molecule has 2 amide bonds. The van der Waals surface area contributed by atoms with Crippen molar-refractivity contribution in [3.8, 4) is 0 Å². The highest BCUT2D eigenvalue weighted by Crippen LogP contribution is 2.63. The van der Waals surface area contributed by atoms with E-state index < -0.39 is 23.4 Å². The Bertz CT molecular complexity index is 854. The number of rotatable bonds is 1. The summed E-state index contributed by atoms with van der Waals surface area (Å²) in [6.07, 6.45) is -0.787. The van der Waals surface area contributed by atoms with Crippen LogP contribution >= 0.6 is 0 Å². The number of hydrogen-bond donors (Lipinski definition) is 2. The highest BCUT2D eigenvalue weighted by molar-refractivity contribution is 6.08. The van der Waals surface area contributed by atoms with Crippen LogP contribution in [0.1, 0.15) is 35.1 Å². The van der Waals surface area contributed by atoms with Gasteiger partial charge in [0.25, 0.3) is 0 Å². The standard InChI is InChI=1S/C20H17NO3/c1-10(22)20-13-8-4-2-6-11(13)15(12-7-3-5-9-14(12)20)16-17(20)19(24)21-18(16)23/h2-10,15-17,22H,1H3,(H,21,23,24)/t10-,15?,16+,17-,20?/m1/s1. The van der Waals surface area contributed by atoms with Crippen LogP contribution in [0.3, 0.4) is 0 Å². The van der Waals surface area contributed by atoms with Crippen LogP contribution in [-0.2, 0) is 15.0 Å². The summed E-state index contributed by atoms with van der Waals surface area (Å²) in [5.41, 5.74) is 3.21. The second-order valence-corrected chi connectivity index (χ2v) is 7.05. The lowest BCUT2D eigenvalue weighted by atomic mass is 9.46. The van der Waals surface area contributed by atoms with Gasteiger partial charge in [-0.15, -0.1) is 0 Å². The van der Waals surface area contributed by atoms with E-state index in [4.69, 9.17) is 0 Å². The summed E-state index contributed by atoms with van der Waals surface area (Å²) in [4.78, 5) is 25.3. The summed E-state index contributed by atoms with van der Waals surface area (Å²) in [7, 11) is 0. The Balaban J connectivity index is 1.97. The molecule has 2 bridgehead atoms. The zero-order valence-electron chi connectivity index (χ0n) is 13.2. The average molecular weight is 319 g/mol. The van der Waals surface area contributed by atoms with Crippen LogP contribution in [-0.4, -0.2) is 23.0 Å². The molecule has 6 rings (SSSR count). The van der Waals surface area contributed by atoms with Crippen molar-refractivity contribution in [1.29, 1.82) is 0 Å². The molecule has 2 aromatic rings. The molecule has 24 heavy (non-hydrogen) atoms. The van der Waals surface area contributed by atoms with Crippen LogP contribution in [0.5, 0.6) is 0 Å². The second-order valence-electron chi connectivity index (χ2n) is 7.05. The predicted molar refractivity (Wildman–Crippen MR) is 87.3 cm³/mol. The first-order chi connectivity index (χ1) is 11.6. The van der Waals surface area contributed by atoms with Crippen LogP contribution in [0, 0.1) is 11.8 Å². The number of nitrogens with one attached hydrogen (secondary N) is 1. The number of aliphatic hydroxyl groups is 1. The molecular formula is C20H17NO3. The van der Waals surface area contributed by atoms with Gasteiger partial charge in [0.05, 0.1) is 23.4 Å². The molecule has 0 saturated carbocycles. The van der Waals surface area contributed by atoms with Crippen molar-refractivity contribution in [2.24, 2.45) is 11.8 Å². The largest absolute Gasteiger partial charge is 0.392 e. The van der Waals surface area contributed by atoms with E-state index in [2.05, 4.69) is 5.32 Å². The summed E-state index contributed by atoms with van der Waals surface area (Å²) in [5, 5.41) is 13.4. The normalized spacial score (nSPS) is 33.5. The van der Waals surface area contributed by atoms with E-state index in [-0.39, 0.29) is 17.7 Å². The summed E-state index contributed by atoms with van der Waals surface area (Å²) in [6.45, 7) is 1.73. The third-order valence-electron chi connectivity index (χ3n) is 6.18. The molecule has 1 saturated heterocycles. The van der Waals surface area contributed by atoms with Crippen LogP contribution < -0.4 is 5.32 Å². The maximum atomic E-state index is 12.7. The third kappa shape index (κ3) is 1.31. The van der Waals surface area contributed by atoms with E-state index >= 15 is 0 Å². The van der Waals surface area contributed by atoms with Crippen molar-refractivity contribution in [3.63, 3.8) is 0 Å². The van der Waals surface area contributed by atoms with Gasteiger partial charge in [-0.05, 0) is 29.2 Å². The Labute approximate surface area is 139 Å². The number of benzene rings is 2. The van der Waals surface area contributed by atoms with Gasteiger partial charge in [0, 0.05) is 5.92 Å². The van der Waals surface area contributed by atoms with Gasteiger partial charge < -0.3 is 5.11 Å². The molecule has 1 heterocycles. The van der Waals surface area contributed by atoms with Crippen LogP contribution in [0.2, 0.25) is 0 Å². The fourth-order valence-electron chi connectivity index (χ4n) is 5.47. The van der Waals surface area contributed by atoms with Crippen LogP contribution in [0.25, 0.3) is 0 Å². The van der Waals surface area contributed by atoms with Crippen molar-refractivity contribution in [2.75, 3.05) is 0 Å². The molecule has 120 valence electrons. The van der Waals surface area contributed by atoms with Gasteiger partial charge in [-0.2, -0.15) is 0 Å². The predicted octanol–water partition coefficient (Wildman–Crippen LogP) is 1.70. The highest BCUT2D eigenvalue weighted by Gasteiger charge is 2.67. The molecule has 3 aliphatic carbocycles. The number of imide groups is 1. The van der Waals surface area contributed by atoms with Crippen LogP contribution in [0.4, 0.5) is 0 Å². The summed E-state index contributed by atoms with van der Waals surface area (Å²) >= 11 is 0. The fourth-order valence-corrected chi connectivity index (χ4v) is 5.47. The van der Waals surface area contributed by atoms with E-state index in [0.29, 0.717) is 0 Å². The van der Waals surface area contributed by atoms with Gasteiger partial charge in [-0.25, -0.2) is 0 Å². The Hall–Kier alpha value is -2.46. The number of carbonyl (C=O) groups is 2. The minimum atomic E-state index is -0.872. The molecule has 0 radical (unpaired) electrons. The quantitative estimate of drug-likeness (QED) is 0.786. The topological polar surface area (TPSA) is 66.4 Å². The van der Waals surface area contributed by atoms with Crippen molar-refractivity contribution >= 4 is 11.8 Å². The number of aliphatic hydroxyl groups excluding tert-OH is 1. The Morgan fingerprint density at radius 1 is 0.958 bits per heavy atom. The maximum Gasteiger partial charge on any atom is 0.231 e. The first-order valence-electron chi connectivity index (χ1n) is 8.30. The fraction of sp³-hybridized carbons (Fsp3) is 0.300. The minimum Gasteiger partial charge on any atom is -0.392 e. The molecule has 2 aromatic carbocycles. The van der Waals surface area contributed by atoms with E-state index in [9.17, 15) is 14.7 Å². The lowest BCUT2D eigenvalue weighted by molar-refractivity contribution is -0.127. The zero-order valence-corrected chi connectivity index (χ0v) is 13.2. The average Bonchev–Trinajstić information content (AvgIpc) is 2.90. The van der Waals surface area contributed by atoms with E-state index in [0.717, 1.165) is 22.3 Å². The molecular weight excluding hydrogens is 302 g/mol. The van der Waals surface area contributed by atoms with Gasteiger partial charge >= 0.3 is 0 Å². The number of hydrogen-bond acceptors (Lipinski definition) is 3. The summed E-state index contributed by atoms with van der Waals surface area (Å²) in [5.74, 6) is -1.62. The van der Waals surface area contributed by atoms with Crippen molar-refractivity contribution < 1.29 is 14.7 Å². The van der Waals surface area contributed by atoms with Gasteiger partial charge in [-0.1, -0.05) is 48.5 Å². The molecule has 0 spiro atoms. The highest BCUT2D eigenvalue weighted by atomic mass is 16.3. The van der Waals surface area contributed by atoms with Gasteiger partial charge in [-0.3, -0.25) is 14.9 Å². The van der Waals surface area contributed by atoms with E-state index in [1.54, 1.807) is 6.92 Å². The molecule has 1 aliphatic heterocycles. The first-order valence-corrected chi connectivity index (χ1v) is 8.30. The smallest absolute Gasteiger partial charge is 0.231 e. The molecule has 3 atom stereocenters. The molecule has 1 fully saturated rings. The van der Waals surface area contributed by atoms with Crippen molar-refractivity contribution in [2.45, 2.75) is 24.4 Å². The van der Waals surface area contributed by atoms with E-state index in [1.807, 2.05) is 48.5 Å². The van der Waals surface area contributed by atoms with Crippen LogP contribution in [0.15, 0.2) is 48.5 Å². The van der Waals surface area contributed by atoms with Gasteiger partial charge in [0.15, 0.2) is 0 Å². The molecule has 4 nitrogen and oxygen atoms in total. The third-order valence-corrected chi connectivity index (χ3v) is 6.18. The van der Waals surface area contributed by atoms with E-state index in [1.165, 1.54) is 0 Å². The Morgan fingerprint density at radius 2 is 1.50 bits per heavy atom. The molecule has 4 heteroatoms. The molecule has 0 aromatic heterocycles. The molecule has 4 aliphatic rings. The van der Waals surface area contributed by atoms with Crippen molar-refractivity contribution in [3.05, 3.63) is 70.8 Å². The van der Waals surface area contributed by atoms with Crippen molar-refractivity contribution in [1.82, 2.24) is 5.32 Å². The monoisotopic (exact) mass is 319 g/mol. The zero-order chi connectivity index (χ0) is 16.6. The maximum absolute atomic E-state index is 12.7. The molecule has 2 N–H and O–H groups in total. The molecule has 0 unspecified atom stereocenters. The summed E-state index contributed by atoms with van der Waals surface area (Å²) in [6, 6.07) is 15.8. The lowest BCUT2D eigenvalue weighted by Crippen LogP contribution is -2.58.